The summed E-state index contributed by atoms with van der Waals surface area (Å²) in [6.45, 7) is 8.06. The molecule has 0 N–H and O–H groups in total. The van der Waals surface area contributed by atoms with Crippen LogP contribution in [0.5, 0.6) is 0 Å². The lowest BCUT2D eigenvalue weighted by molar-refractivity contribution is 0.215. The molecular formula is C12H23N. The Labute approximate surface area is 82.8 Å². The molecule has 0 radical (unpaired) electrons. The molecular weight excluding hydrogens is 158 g/mol. The van der Waals surface area contributed by atoms with Crippen LogP contribution >= 0.6 is 0 Å². The van der Waals surface area contributed by atoms with Gasteiger partial charge >= 0.3 is 0 Å². The van der Waals surface area contributed by atoms with Crippen molar-refractivity contribution in [2.24, 2.45) is 0 Å². The van der Waals surface area contributed by atoms with Gasteiger partial charge in [0.25, 0.3) is 0 Å². The quantitative estimate of drug-likeness (QED) is 0.569. The van der Waals surface area contributed by atoms with E-state index < -0.39 is 0 Å². The van der Waals surface area contributed by atoms with Gasteiger partial charge in [-0.3, -0.25) is 4.90 Å². The van der Waals surface area contributed by atoms with Crippen molar-refractivity contribution < 1.29 is 0 Å². The fourth-order valence-corrected chi connectivity index (χ4v) is 1.78. The zero-order chi connectivity index (χ0) is 9.68. The van der Waals surface area contributed by atoms with Crippen LogP contribution in [0, 0.1) is 0 Å². The Bertz CT molecular complexity index is 155. The first-order valence-corrected chi connectivity index (χ1v) is 5.66. The normalized spacial score (nSPS) is 17.9. The van der Waals surface area contributed by atoms with Gasteiger partial charge in [-0.2, -0.15) is 0 Å². The molecule has 0 amide bonds. The fourth-order valence-electron chi connectivity index (χ4n) is 1.78. The highest BCUT2D eigenvalue weighted by molar-refractivity contribution is 4.89. The Morgan fingerprint density at radius 2 is 2.00 bits per heavy atom. The van der Waals surface area contributed by atoms with E-state index in [1.165, 1.54) is 32.2 Å². The maximum absolute atomic E-state index is 2.64. The van der Waals surface area contributed by atoms with Gasteiger partial charge in [0, 0.05) is 18.6 Å². The van der Waals surface area contributed by atoms with Crippen molar-refractivity contribution in [3.63, 3.8) is 0 Å². The standard InChI is InChI=1S/C12H23N/c1-4-5-6-7-10-13(11(2)3)12-8-9-12/h5-6,11-12H,4,7-10H2,1-3H3/b6-5-. The van der Waals surface area contributed by atoms with Crippen LogP contribution in [0.1, 0.15) is 46.5 Å². The van der Waals surface area contributed by atoms with Crippen molar-refractivity contribution in [2.45, 2.75) is 58.5 Å². The lowest BCUT2D eigenvalue weighted by Crippen LogP contribution is -2.33. The SMILES string of the molecule is CC/C=C\CCN(C(C)C)C1CC1. The molecule has 1 nitrogen and oxygen atoms in total. The summed E-state index contributed by atoms with van der Waals surface area (Å²) in [7, 11) is 0. The molecule has 0 atom stereocenters. The van der Waals surface area contributed by atoms with Gasteiger partial charge in [-0.1, -0.05) is 19.1 Å². The summed E-state index contributed by atoms with van der Waals surface area (Å²) in [6.07, 6.45) is 9.84. The van der Waals surface area contributed by atoms with Gasteiger partial charge in [0.2, 0.25) is 0 Å². The number of hydrogen-bond donors (Lipinski definition) is 0. The molecule has 0 aromatic carbocycles. The average Bonchev–Trinajstić information content (AvgIpc) is 2.87. The summed E-state index contributed by atoms with van der Waals surface area (Å²) in [5.74, 6) is 0. The predicted molar refractivity (Wildman–Crippen MR) is 58.9 cm³/mol. The molecule has 1 heteroatoms. The number of nitrogens with zero attached hydrogens (tertiary/aromatic N) is 1. The topological polar surface area (TPSA) is 3.24 Å². The highest BCUT2D eigenvalue weighted by atomic mass is 15.2. The Morgan fingerprint density at radius 3 is 2.46 bits per heavy atom. The van der Waals surface area contributed by atoms with Gasteiger partial charge in [0.1, 0.15) is 0 Å². The van der Waals surface area contributed by atoms with Crippen molar-refractivity contribution in [2.75, 3.05) is 6.54 Å². The molecule has 1 rings (SSSR count). The van der Waals surface area contributed by atoms with E-state index in [1.54, 1.807) is 0 Å². The highest BCUT2D eigenvalue weighted by Gasteiger charge is 2.29. The monoisotopic (exact) mass is 181 g/mol. The van der Waals surface area contributed by atoms with Crippen LogP contribution in [0.3, 0.4) is 0 Å². The molecule has 1 fully saturated rings. The molecule has 13 heavy (non-hydrogen) atoms. The minimum atomic E-state index is 0.725. The maximum atomic E-state index is 2.64. The summed E-state index contributed by atoms with van der Waals surface area (Å²) in [5, 5.41) is 0. The average molecular weight is 181 g/mol. The molecule has 1 saturated carbocycles. The number of rotatable bonds is 6. The first-order chi connectivity index (χ1) is 6.25. The third-order valence-corrected chi connectivity index (χ3v) is 2.64. The maximum Gasteiger partial charge on any atom is 0.00992 e. The lowest BCUT2D eigenvalue weighted by Gasteiger charge is -2.25. The molecule has 0 heterocycles. The van der Waals surface area contributed by atoms with E-state index in [0.717, 1.165) is 12.1 Å². The summed E-state index contributed by atoms with van der Waals surface area (Å²) in [4.78, 5) is 2.64. The van der Waals surface area contributed by atoms with E-state index in [0.29, 0.717) is 0 Å². The van der Waals surface area contributed by atoms with Gasteiger partial charge in [-0.05, 0) is 39.5 Å². The van der Waals surface area contributed by atoms with Crippen molar-refractivity contribution >= 4 is 0 Å². The second kappa shape index (κ2) is 5.43. The third-order valence-electron chi connectivity index (χ3n) is 2.64. The van der Waals surface area contributed by atoms with Gasteiger partial charge < -0.3 is 0 Å². The zero-order valence-electron chi connectivity index (χ0n) is 9.29. The molecule has 0 spiro atoms. The van der Waals surface area contributed by atoms with E-state index in [4.69, 9.17) is 0 Å². The van der Waals surface area contributed by atoms with E-state index in [-0.39, 0.29) is 0 Å². The van der Waals surface area contributed by atoms with Gasteiger partial charge in [0.15, 0.2) is 0 Å². The van der Waals surface area contributed by atoms with Crippen LogP contribution in [-0.4, -0.2) is 23.5 Å². The largest absolute Gasteiger partial charge is 0.298 e. The van der Waals surface area contributed by atoms with E-state index in [1.807, 2.05) is 0 Å². The molecule has 0 saturated heterocycles. The summed E-state index contributed by atoms with van der Waals surface area (Å²) < 4.78 is 0. The Balaban J connectivity index is 2.18. The summed E-state index contributed by atoms with van der Waals surface area (Å²) >= 11 is 0. The summed E-state index contributed by atoms with van der Waals surface area (Å²) in [6, 6.07) is 1.64. The van der Waals surface area contributed by atoms with Crippen LogP contribution < -0.4 is 0 Å². The molecule has 1 aliphatic carbocycles. The number of allylic oxidation sites excluding steroid dienone is 1. The smallest absolute Gasteiger partial charge is 0.00992 e. The molecule has 0 aromatic rings. The predicted octanol–water partition coefficient (Wildman–Crippen LogP) is 3.22. The fraction of sp³-hybridized carbons (Fsp3) is 0.833. The molecule has 0 aromatic heterocycles. The lowest BCUT2D eigenvalue weighted by atomic mass is 10.2. The van der Waals surface area contributed by atoms with Crippen molar-refractivity contribution in [1.29, 1.82) is 0 Å². The molecule has 76 valence electrons. The Kier molecular flexibility index (Phi) is 4.51. The zero-order valence-corrected chi connectivity index (χ0v) is 9.29. The molecule has 1 aliphatic rings. The molecule has 0 unspecified atom stereocenters. The van der Waals surface area contributed by atoms with E-state index in [9.17, 15) is 0 Å². The Hall–Kier alpha value is -0.300. The first kappa shape index (κ1) is 10.8. The first-order valence-electron chi connectivity index (χ1n) is 5.66. The third kappa shape index (κ3) is 3.95. The van der Waals surface area contributed by atoms with Crippen LogP contribution in [0.2, 0.25) is 0 Å². The van der Waals surface area contributed by atoms with E-state index >= 15 is 0 Å². The van der Waals surface area contributed by atoms with Crippen LogP contribution in [0.25, 0.3) is 0 Å². The van der Waals surface area contributed by atoms with Crippen LogP contribution in [-0.2, 0) is 0 Å². The minimum absolute atomic E-state index is 0.725. The van der Waals surface area contributed by atoms with Crippen LogP contribution in [0.4, 0.5) is 0 Å². The second-order valence-electron chi connectivity index (χ2n) is 4.23. The van der Waals surface area contributed by atoms with E-state index in [2.05, 4.69) is 37.8 Å². The van der Waals surface area contributed by atoms with Crippen LogP contribution in [0.15, 0.2) is 12.2 Å². The van der Waals surface area contributed by atoms with Crippen molar-refractivity contribution in [3.8, 4) is 0 Å². The molecule has 0 aliphatic heterocycles. The molecule has 0 bridgehead atoms. The second-order valence-corrected chi connectivity index (χ2v) is 4.23. The highest BCUT2D eigenvalue weighted by Crippen LogP contribution is 2.28. The van der Waals surface area contributed by atoms with Gasteiger partial charge in [-0.25, -0.2) is 0 Å². The Morgan fingerprint density at radius 1 is 1.31 bits per heavy atom. The minimum Gasteiger partial charge on any atom is -0.298 e. The van der Waals surface area contributed by atoms with Crippen molar-refractivity contribution in [1.82, 2.24) is 4.90 Å². The van der Waals surface area contributed by atoms with Gasteiger partial charge in [0.05, 0.1) is 0 Å². The van der Waals surface area contributed by atoms with Gasteiger partial charge in [-0.15, -0.1) is 0 Å². The number of hydrogen-bond acceptors (Lipinski definition) is 1. The summed E-state index contributed by atoms with van der Waals surface area (Å²) in [5.41, 5.74) is 0. The van der Waals surface area contributed by atoms with Crippen molar-refractivity contribution in [3.05, 3.63) is 12.2 Å².